The number of anilines is 1. The van der Waals surface area contributed by atoms with E-state index in [0.717, 1.165) is 10.8 Å². The van der Waals surface area contributed by atoms with Gasteiger partial charge in [-0.2, -0.15) is 0 Å². The van der Waals surface area contributed by atoms with Gasteiger partial charge in [0, 0.05) is 5.56 Å². The molecule has 0 bridgehead atoms. The molecule has 2 amide bonds. The smallest absolute Gasteiger partial charge is 0.325 e. The predicted octanol–water partition coefficient (Wildman–Crippen LogP) is 3.40. The molecule has 0 spiro atoms. The van der Waals surface area contributed by atoms with Crippen molar-refractivity contribution in [2.75, 3.05) is 18.5 Å². The highest BCUT2D eigenvalue weighted by Gasteiger charge is 2.12. The Kier molecular flexibility index (Phi) is 6.24. The van der Waals surface area contributed by atoms with Gasteiger partial charge >= 0.3 is 5.97 Å². The van der Waals surface area contributed by atoms with Crippen LogP contribution < -0.4 is 10.6 Å². The molecule has 3 aromatic rings. The van der Waals surface area contributed by atoms with Crippen molar-refractivity contribution in [3.05, 3.63) is 77.3 Å². The van der Waals surface area contributed by atoms with Gasteiger partial charge < -0.3 is 15.4 Å². The first-order chi connectivity index (χ1) is 13.5. The zero-order chi connectivity index (χ0) is 19.9. The Balaban J connectivity index is 1.46. The molecule has 7 heteroatoms. The number of hydrogen-bond acceptors (Lipinski definition) is 4. The Labute approximate surface area is 166 Å². The van der Waals surface area contributed by atoms with Crippen LogP contribution in [0.2, 0.25) is 5.02 Å². The van der Waals surface area contributed by atoms with Crippen LogP contribution in [0.4, 0.5) is 5.69 Å². The van der Waals surface area contributed by atoms with E-state index < -0.39 is 24.4 Å². The highest BCUT2D eigenvalue weighted by molar-refractivity contribution is 6.33. The summed E-state index contributed by atoms with van der Waals surface area (Å²) in [5.74, 6) is -1.64. The Morgan fingerprint density at radius 1 is 0.893 bits per heavy atom. The Bertz CT molecular complexity index is 1040. The van der Waals surface area contributed by atoms with Crippen LogP contribution in [-0.4, -0.2) is 30.9 Å². The van der Waals surface area contributed by atoms with Crippen LogP contribution in [0.1, 0.15) is 10.4 Å². The zero-order valence-electron chi connectivity index (χ0n) is 14.8. The molecule has 0 atom stereocenters. The number of rotatable bonds is 6. The van der Waals surface area contributed by atoms with Gasteiger partial charge in [0.2, 0.25) is 0 Å². The number of ether oxygens (including phenoxy) is 1. The van der Waals surface area contributed by atoms with E-state index in [-0.39, 0.29) is 6.54 Å². The summed E-state index contributed by atoms with van der Waals surface area (Å²) in [6, 6.07) is 19.6. The van der Waals surface area contributed by atoms with Crippen LogP contribution in [0.3, 0.4) is 0 Å². The van der Waals surface area contributed by atoms with E-state index in [0.29, 0.717) is 16.3 Å². The molecule has 3 rings (SSSR count). The number of esters is 1. The molecule has 0 aliphatic carbocycles. The fourth-order valence-corrected chi connectivity index (χ4v) is 2.71. The molecule has 2 N–H and O–H groups in total. The van der Waals surface area contributed by atoms with Crippen LogP contribution in [-0.2, 0) is 14.3 Å². The zero-order valence-corrected chi connectivity index (χ0v) is 15.5. The van der Waals surface area contributed by atoms with Gasteiger partial charge in [-0.3, -0.25) is 14.4 Å². The number of fused-ring (bicyclic) bond motifs is 1. The van der Waals surface area contributed by atoms with E-state index in [1.54, 1.807) is 36.4 Å². The quantitative estimate of drug-likeness (QED) is 0.625. The second kappa shape index (κ2) is 9.01. The lowest BCUT2D eigenvalue weighted by Crippen LogP contribution is -2.32. The molecule has 3 aromatic carbocycles. The van der Waals surface area contributed by atoms with Crippen molar-refractivity contribution in [2.45, 2.75) is 0 Å². The van der Waals surface area contributed by atoms with E-state index in [9.17, 15) is 14.4 Å². The minimum atomic E-state index is -0.719. The van der Waals surface area contributed by atoms with Crippen molar-refractivity contribution in [3.63, 3.8) is 0 Å². The van der Waals surface area contributed by atoms with Gasteiger partial charge in [0.1, 0.15) is 6.54 Å². The van der Waals surface area contributed by atoms with Crippen LogP contribution in [0.5, 0.6) is 0 Å². The number of nitrogens with one attached hydrogen (secondary N) is 2. The largest absolute Gasteiger partial charge is 0.454 e. The van der Waals surface area contributed by atoms with Crippen molar-refractivity contribution in [1.29, 1.82) is 0 Å². The van der Waals surface area contributed by atoms with Gasteiger partial charge in [-0.25, -0.2) is 0 Å². The normalized spacial score (nSPS) is 10.3. The van der Waals surface area contributed by atoms with Gasteiger partial charge in [-0.15, -0.1) is 0 Å². The summed E-state index contributed by atoms with van der Waals surface area (Å²) >= 11 is 5.94. The molecule has 0 aliphatic heterocycles. The SMILES string of the molecule is O=C(COC(=O)CNC(=O)c1ccc2ccccc2c1)Nc1ccccc1Cl. The lowest BCUT2D eigenvalue weighted by molar-refractivity contribution is -0.146. The summed E-state index contributed by atoms with van der Waals surface area (Å²) in [6.45, 7) is -0.819. The van der Waals surface area contributed by atoms with Crippen molar-refractivity contribution >= 4 is 45.8 Å². The highest BCUT2D eigenvalue weighted by atomic mass is 35.5. The van der Waals surface area contributed by atoms with E-state index in [2.05, 4.69) is 10.6 Å². The minimum absolute atomic E-state index is 0.342. The lowest BCUT2D eigenvalue weighted by Gasteiger charge is -2.09. The van der Waals surface area contributed by atoms with E-state index >= 15 is 0 Å². The first kappa shape index (κ1) is 19.4. The second-order valence-electron chi connectivity index (χ2n) is 5.93. The summed E-state index contributed by atoms with van der Waals surface area (Å²) in [6.07, 6.45) is 0. The molecule has 0 aromatic heterocycles. The van der Waals surface area contributed by atoms with Gasteiger partial charge in [0.05, 0.1) is 10.7 Å². The first-order valence-corrected chi connectivity index (χ1v) is 8.88. The number of halogens is 1. The maximum Gasteiger partial charge on any atom is 0.325 e. The second-order valence-corrected chi connectivity index (χ2v) is 6.34. The van der Waals surface area contributed by atoms with Crippen LogP contribution in [0, 0.1) is 0 Å². The summed E-state index contributed by atoms with van der Waals surface area (Å²) < 4.78 is 4.86. The molecule has 142 valence electrons. The van der Waals surface area contributed by atoms with Crippen LogP contribution in [0.15, 0.2) is 66.7 Å². The molecular weight excluding hydrogens is 380 g/mol. The molecule has 0 saturated carbocycles. The monoisotopic (exact) mass is 396 g/mol. The third-order valence-corrected chi connectivity index (χ3v) is 4.25. The maximum absolute atomic E-state index is 12.2. The number of para-hydroxylation sites is 1. The van der Waals surface area contributed by atoms with Gasteiger partial charge in [-0.1, -0.05) is 54.1 Å². The highest BCUT2D eigenvalue weighted by Crippen LogP contribution is 2.20. The van der Waals surface area contributed by atoms with E-state index in [4.69, 9.17) is 16.3 Å². The van der Waals surface area contributed by atoms with Gasteiger partial charge in [0.25, 0.3) is 11.8 Å². The lowest BCUT2D eigenvalue weighted by atomic mass is 10.1. The molecule has 28 heavy (non-hydrogen) atoms. The number of amides is 2. The topological polar surface area (TPSA) is 84.5 Å². The molecule has 0 heterocycles. The Morgan fingerprint density at radius 3 is 2.39 bits per heavy atom. The van der Waals surface area contributed by atoms with Gasteiger partial charge in [0.15, 0.2) is 6.61 Å². The van der Waals surface area contributed by atoms with Crippen LogP contribution >= 0.6 is 11.6 Å². The summed E-state index contributed by atoms with van der Waals surface area (Å²) in [7, 11) is 0. The van der Waals surface area contributed by atoms with E-state index in [1.165, 1.54) is 0 Å². The predicted molar refractivity (Wildman–Crippen MR) is 107 cm³/mol. The number of benzene rings is 3. The average Bonchev–Trinajstić information content (AvgIpc) is 2.71. The summed E-state index contributed by atoms with van der Waals surface area (Å²) in [4.78, 5) is 35.8. The Morgan fingerprint density at radius 2 is 1.61 bits per heavy atom. The first-order valence-electron chi connectivity index (χ1n) is 8.50. The average molecular weight is 397 g/mol. The van der Waals surface area contributed by atoms with Crippen molar-refractivity contribution in [1.82, 2.24) is 5.32 Å². The summed E-state index contributed by atoms with van der Waals surface area (Å²) in [5, 5.41) is 7.34. The minimum Gasteiger partial charge on any atom is -0.454 e. The molecule has 0 unspecified atom stereocenters. The Hall–Kier alpha value is -3.38. The maximum atomic E-state index is 12.2. The third kappa shape index (κ3) is 5.08. The number of carbonyl (C=O) groups is 3. The van der Waals surface area contributed by atoms with Crippen LogP contribution in [0.25, 0.3) is 10.8 Å². The van der Waals surface area contributed by atoms with Crippen molar-refractivity contribution in [2.24, 2.45) is 0 Å². The molecule has 0 fully saturated rings. The molecule has 0 saturated heterocycles. The third-order valence-electron chi connectivity index (χ3n) is 3.92. The van der Waals surface area contributed by atoms with Crippen molar-refractivity contribution < 1.29 is 19.1 Å². The fraction of sp³-hybridized carbons (Fsp3) is 0.0952. The summed E-state index contributed by atoms with van der Waals surface area (Å²) in [5.41, 5.74) is 0.859. The fourth-order valence-electron chi connectivity index (χ4n) is 2.53. The van der Waals surface area contributed by atoms with E-state index in [1.807, 2.05) is 30.3 Å². The molecular formula is C21H17ClN2O4. The van der Waals surface area contributed by atoms with Gasteiger partial charge in [-0.05, 0) is 35.0 Å². The number of hydrogen-bond donors (Lipinski definition) is 2. The van der Waals surface area contributed by atoms with Crippen molar-refractivity contribution in [3.8, 4) is 0 Å². The molecule has 0 aliphatic rings. The molecule has 0 radical (unpaired) electrons. The standard InChI is InChI=1S/C21H17ClN2O4/c22-17-7-3-4-8-18(17)24-19(25)13-28-20(26)12-23-21(27)16-10-9-14-5-1-2-6-15(14)11-16/h1-11H,12-13H2,(H,23,27)(H,24,25). The molecule has 6 nitrogen and oxygen atoms in total. The number of carbonyl (C=O) groups excluding carboxylic acids is 3.